The average molecular weight is 353 g/mol. The van der Waals surface area contributed by atoms with Crippen LogP contribution in [-0.4, -0.2) is 21.6 Å². The Kier molecular flexibility index (Phi) is 4.91. The number of rotatable bonds is 6. The van der Waals surface area contributed by atoms with Gasteiger partial charge in [0.2, 0.25) is 11.8 Å². The van der Waals surface area contributed by atoms with Crippen LogP contribution in [0.2, 0.25) is 0 Å². The van der Waals surface area contributed by atoms with E-state index in [1.54, 1.807) is 0 Å². The van der Waals surface area contributed by atoms with Crippen molar-refractivity contribution in [3.8, 4) is 0 Å². The van der Waals surface area contributed by atoms with Gasteiger partial charge >= 0.3 is 0 Å². The Hall–Kier alpha value is -1.46. The molecule has 1 heterocycles. The maximum Gasteiger partial charge on any atom is 0.248 e. The number of nitrogens with zero attached hydrogens (tertiary/aromatic N) is 2. The van der Waals surface area contributed by atoms with E-state index in [2.05, 4.69) is 5.32 Å². The molecular weight excluding hydrogens is 324 g/mol. The molecule has 1 aromatic heterocycles. The Morgan fingerprint density at radius 2 is 1.96 bits per heavy atom. The lowest BCUT2D eigenvalue weighted by Crippen LogP contribution is -2.36. The first kappa shape index (κ1) is 18.3. The maximum atomic E-state index is 13.1. The summed E-state index contributed by atoms with van der Waals surface area (Å²) in [6.07, 6.45) is 3.77. The molecule has 6 heteroatoms. The summed E-state index contributed by atoms with van der Waals surface area (Å²) in [6, 6.07) is 0.319. The fourth-order valence-corrected chi connectivity index (χ4v) is 3.54. The van der Waals surface area contributed by atoms with E-state index >= 15 is 0 Å². The molecule has 0 aromatic carbocycles. The number of hydrogen-bond acceptors (Lipinski definition) is 2. The number of nitrogens with one attached hydrogen (secondary N) is 1. The number of aromatic nitrogens is 2. The van der Waals surface area contributed by atoms with E-state index in [-0.39, 0.29) is 36.5 Å². The summed E-state index contributed by atoms with van der Waals surface area (Å²) < 4.78 is 28.2. The molecule has 0 unspecified atom stereocenters. The van der Waals surface area contributed by atoms with Crippen LogP contribution in [-0.2, 0) is 11.2 Å². The number of alkyl halides is 2. The van der Waals surface area contributed by atoms with Crippen molar-refractivity contribution >= 4 is 11.7 Å². The predicted octanol–water partition coefficient (Wildman–Crippen LogP) is 4.73. The van der Waals surface area contributed by atoms with Crippen LogP contribution < -0.4 is 5.32 Å². The van der Waals surface area contributed by atoms with Gasteiger partial charge in [0.05, 0.1) is 11.7 Å². The molecule has 140 valence electrons. The van der Waals surface area contributed by atoms with Crippen molar-refractivity contribution in [2.45, 2.75) is 78.2 Å². The van der Waals surface area contributed by atoms with E-state index in [0.717, 1.165) is 29.9 Å². The Bertz CT molecular complexity index is 641. The summed E-state index contributed by atoms with van der Waals surface area (Å²) >= 11 is 0. The molecule has 2 aliphatic carbocycles. The molecule has 0 radical (unpaired) electrons. The highest BCUT2D eigenvalue weighted by Crippen LogP contribution is 2.45. The third-order valence-electron chi connectivity index (χ3n) is 5.98. The molecule has 2 saturated carbocycles. The minimum atomic E-state index is -2.50. The summed E-state index contributed by atoms with van der Waals surface area (Å²) in [7, 11) is 0. The number of halogens is 2. The molecule has 1 aromatic rings. The van der Waals surface area contributed by atoms with Crippen molar-refractivity contribution in [3.05, 3.63) is 11.3 Å². The van der Waals surface area contributed by atoms with Gasteiger partial charge in [0.1, 0.15) is 5.82 Å². The van der Waals surface area contributed by atoms with Crippen molar-refractivity contribution in [2.24, 2.45) is 17.8 Å². The van der Waals surface area contributed by atoms with Gasteiger partial charge in [-0.3, -0.25) is 4.79 Å². The summed E-state index contributed by atoms with van der Waals surface area (Å²) in [5.74, 6) is -1.56. The van der Waals surface area contributed by atoms with Crippen LogP contribution >= 0.6 is 0 Å². The van der Waals surface area contributed by atoms with Crippen molar-refractivity contribution in [2.75, 3.05) is 5.32 Å². The SMILES string of the molecule is Cc1c(CC2CC(F)(F)C2)nn(C2CCC2)c1NC(=O)[C@H](C)C(C)C. The third kappa shape index (κ3) is 3.72. The largest absolute Gasteiger partial charge is 0.310 e. The van der Waals surface area contributed by atoms with Gasteiger partial charge in [-0.05, 0) is 44.4 Å². The molecule has 4 nitrogen and oxygen atoms in total. The van der Waals surface area contributed by atoms with Crippen molar-refractivity contribution in [1.29, 1.82) is 0 Å². The number of carbonyl (C=O) groups excluding carboxylic acids is 1. The monoisotopic (exact) mass is 353 g/mol. The van der Waals surface area contributed by atoms with E-state index in [4.69, 9.17) is 5.10 Å². The van der Waals surface area contributed by atoms with E-state index in [9.17, 15) is 13.6 Å². The van der Waals surface area contributed by atoms with Gasteiger partial charge < -0.3 is 5.32 Å². The summed E-state index contributed by atoms with van der Waals surface area (Å²) in [5.41, 5.74) is 1.80. The topological polar surface area (TPSA) is 46.9 Å². The highest BCUT2D eigenvalue weighted by molar-refractivity contribution is 5.92. The summed E-state index contributed by atoms with van der Waals surface area (Å²) in [5, 5.41) is 7.78. The van der Waals surface area contributed by atoms with Crippen LogP contribution in [0.15, 0.2) is 0 Å². The molecule has 0 spiro atoms. The fraction of sp³-hybridized carbons (Fsp3) is 0.789. The second kappa shape index (κ2) is 6.69. The van der Waals surface area contributed by atoms with Crippen molar-refractivity contribution in [1.82, 2.24) is 9.78 Å². The Morgan fingerprint density at radius 1 is 1.32 bits per heavy atom. The van der Waals surface area contributed by atoms with Crippen LogP contribution in [0.25, 0.3) is 0 Å². The Balaban J connectivity index is 1.79. The van der Waals surface area contributed by atoms with Crippen LogP contribution in [0.5, 0.6) is 0 Å². The second-order valence-electron chi connectivity index (χ2n) is 8.31. The van der Waals surface area contributed by atoms with Crippen molar-refractivity contribution < 1.29 is 13.6 Å². The minimum Gasteiger partial charge on any atom is -0.310 e. The van der Waals surface area contributed by atoms with E-state index < -0.39 is 5.92 Å². The number of carbonyl (C=O) groups is 1. The van der Waals surface area contributed by atoms with Crippen LogP contribution in [0.4, 0.5) is 14.6 Å². The first-order valence-corrected chi connectivity index (χ1v) is 9.44. The summed E-state index contributed by atoms with van der Waals surface area (Å²) in [6.45, 7) is 7.94. The highest BCUT2D eigenvalue weighted by Gasteiger charge is 2.45. The molecule has 3 rings (SSSR count). The molecule has 25 heavy (non-hydrogen) atoms. The molecule has 1 atom stereocenters. The second-order valence-corrected chi connectivity index (χ2v) is 8.31. The number of amides is 1. The van der Waals surface area contributed by atoms with Gasteiger partial charge in [0.15, 0.2) is 0 Å². The molecule has 0 saturated heterocycles. The minimum absolute atomic E-state index is 0.000279. The average Bonchev–Trinajstić information content (AvgIpc) is 2.72. The Morgan fingerprint density at radius 3 is 2.44 bits per heavy atom. The van der Waals surface area contributed by atoms with Gasteiger partial charge in [-0.1, -0.05) is 20.8 Å². The third-order valence-corrected chi connectivity index (χ3v) is 5.98. The lowest BCUT2D eigenvalue weighted by molar-refractivity contribution is -0.120. The molecular formula is C19H29F2N3O. The van der Waals surface area contributed by atoms with Gasteiger partial charge in [-0.25, -0.2) is 13.5 Å². The standard InChI is InChI=1S/C19H29F2N3O/c1-11(2)12(3)18(25)22-17-13(4)16(8-14-9-19(20,21)10-14)23-24(17)15-6-5-7-15/h11-12,14-15H,5-10H2,1-4H3,(H,22,25)/t12-/m1/s1. The number of anilines is 1. The van der Waals surface area contributed by atoms with E-state index in [1.807, 2.05) is 32.4 Å². The molecule has 1 N–H and O–H groups in total. The molecule has 0 aliphatic heterocycles. The Labute approximate surface area is 148 Å². The quantitative estimate of drug-likeness (QED) is 0.803. The highest BCUT2D eigenvalue weighted by atomic mass is 19.3. The molecule has 1 amide bonds. The first-order valence-electron chi connectivity index (χ1n) is 9.44. The van der Waals surface area contributed by atoms with Crippen molar-refractivity contribution in [3.63, 3.8) is 0 Å². The smallest absolute Gasteiger partial charge is 0.248 e. The zero-order chi connectivity index (χ0) is 18.4. The lowest BCUT2D eigenvalue weighted by Gasteiger charge is -2.34. The summed E-state index contributed by atoms with van der Waals surface area (Å²) in [4.78, 5) is 12.5. The van der Waals surface area contributed by atoms with Crippen LogP contribution in [0, 0.1) is 24.7 Å². The fourth-order valence-electron chi connectivity index (χ4n) is 3.54. The molecule has 2 fully saturated rings. The zero-order valence-corrected chi connectivity index (χ0v) is 15.6. The van der Waals surface area contributed by atoms with Gasteiger partial charge in [-0.15, -0.1) is 0 Å². The maximum absolute atomic E-state index is 13.1. The number of hydrogen-bond donors (Lipinski definition) is 1. The first-order chi connectivity index (χ1) is 11.7. The van der Waals surface area contributed by atoms with Crippen LogP contribution in [0.3, 0.4) is 0 Å². The van der Waals surface area contributed by atoms with Gasteiger partial charge in [0.25, 0.3) is 0 Å². The lowest BCUT2D eigenvalue weighted by atomic mass is 9.78. The van der Waals surface area contributed by atoms with Crippen LogP contribution in [0.1, 0.15) is 70.2 Å². The van der Waals surface area contributed by atoms with Gasteiger partial charge in [-0.2, -0.15) is 5.10 Å². The molecule has 0 bridgehead atoms. The normalized spacial score (nSPS) is 21.7. The zero-order valence-electron chi connectivity index (χ0n) is 15.6. The van der Waals surface area contributed by atoms with Gasteiger partial charge in [0, 0.05) is 24.3 Å². The predicted molar refractivity (Wildman–Crippen MR) is 93.9 cm³/mol. The molecule has 2 aliphatic rings. The van der Waals surface area contributed by atoms with E-state index in [0.29, 0.717) is 12.5 Å². The van der Waals surface area contributed by atoms with E-state index in [1.165, 1.54) is 6.42 Å².